The third-order valence-electron chi connectivity index (χ3n) is 4.25. The van der Waals surface area contributed by atoms with Gasteiger partial charge in [0.25, 0.3) is 5.91 Å². The molecule has 0 saturated carbocycles. The van der Waals surface area contributed by atoms with Gasteiger partial charge in [-0.3, -0.25) is 4.79 Å². The SMILES string of the molecule is CC(C)(O)C(C)(C)Oc1ccc(C(=O)N2CCOCC2)cc1.OB(O)O. The lowest BCUT2D eigenvalue weighted by Crippen LogP contribution is -2.49. The highest BCUT2D eigenvalue weighted by Crippen LogP contribution is 2.28. The Balaban J connectivity index is 0.000000765. The summed E-state index contributed by atoms with van der Waals surface area (Å²) in [7, 11) is -2.17. The predicted molar refractivity (Wildman–Crippen MR) is 96.6 cm³/mol. The Kier molecular flexibility index (Phi) is 8.04. The maximum absolute atomic E-state index is 12.3. The van der Waals surface area contributed by atoms with Gasteiger partial charge in [-0.05, 0) is 52.0 Å². The number of carbonyl (C=O) groups is 1. The summed E-state index contributed by atoms with van der Waals surface area (Å²) in [6, 6.07) is 7.05. The molecule has 8 nitrogen and oxygen atoms in total. The minimum Gasteiger partial charge on any atom is -0.485 e. The Morgan fingerprint density at radius 1 is 1.08 bits per heavy atom. The molecule has 1 aromatic rings. The van der Waals surface area contributed by atoms with E-state index in [1.165, 1.54) is 0 Å². The summed E-state index contributed by atoms with van der Waals surface area (Å²) in [4.78, 5) is 14.1. The molecule has 0 aliphatic carbocycles. The van der Waals surface area contributed by atoms with Crippen LogP contribution in [0.25, 0.3) is 0 Å². The van der Waals surface area contributed by atoms with Crippen LogP contribution in [0.2, 0.25) is 0 Å². The zero-order chi connectivity index (χ0) is 20.0. The number of benzene rings is 1. The normalized spacial score (nSPS) is 15.0. The molecule has 0 aromatic heterocycles. The first-order chi connectivity index (χ1) is 11.9. The fourth-order valence-electron chi connectivity index (χ4n) is 2.03. The molecule has 1 aliphatic rings. The van der Waals surface area contributed by atoms with Crippen LogP contribution in [0.5, 0.6) is 5.75 Å². The summed E-state index contributed by atoms with van der Waals surface area (Å²) in [5.74, 6) is 0.641. The second-order valence-corrected chi connectivity index (χ2v) is 6.95. The molecule has 0 atom stereocenters. The third-order valence-corrected chi connectivity index (χ3v) is 4.25. The average Bonchev–Trinajstić information content (AvgIpc) is 2.54. The van der Waals surface area contributed by atoms with Crippen molar-refractivity contribution in [2.24, 2.45) is 0 Å². The van der Waals surface area contributed by atoms with Gasteiger partial charge in [0.1, 0.15) is 11.4 Å². The minimum absolute atomic E-state index is 0.0107. The molecule has 9 heteroatoms. The van der Waals surface area contributed by atoms with Crippen molar-refractivity contribution in [3.8, 4) is 5.75 Å². The smallest absolute Gasteiger partial charge is 0.485 e. The predicted octanol–water partition coefficient (Wildman–Crippen LogP) is 0.0355. The van der Waals surface area contributed by atoms with Gasteiger partial charge in [0.2, 0.25) is 0 Å². The number of hydrogen-bond acceptors (Lipinski definition) is 7. The van der Waals surface area contributed by atoms with Gasteiger partial charge < -0.3 is 34.6 Å². The van der Waals surface area contributed by atoms with Crippen LogP contribution in [0.4, 0.5) is 0 Å². The molecule has 1 aromatic carbocycles. The van der Waals surface area contributed by atoms with E-state index >= 15 is 0 Å². The van der Waals surface area contributed by atoms with E-state index in [4.69, 9.17) is 24.5 Å². The van der Waals surface area contributed by atoms with E-state index in [9.17, 15) is 9.90 Å². The van der Waals surface area contributed by atoms with Crippen LogP contribution in [0.15, 0.2) is 24.3 Å². The van der Waals surface area contributed by atoms with Crippen LogP contribution in [-0.4, -0.2) is 75.8 Å². The number of carbonyl (C=O) groups excluding carboxylic acids is 1. The number of amides is 1. The first-order valence-corrected chi connectivity index (χ1v) is 8.37. The molecule has 0 radical (unpaired) electrons. The quantitative estimate of drug-likeness (QED) is 0.553. The summed E-state index contributed by atoms with van der Waals surface area (Å²) < 4.78 is 11.1. The maximum atomic E-state index is 12.3. The molecule has 4 N–H and O–H groups in total. The average molecular weight is 369 g/mol. The second-order valence-electron chi connectivity index (χ2n) is 6.95. The molecule has 1 fully saturated rings. The monoisotopic (exact) mass is 369 g/mol. The first kappa shape index (κ1) is 22.4. The molecule has 0 bridgehead atoms. The molecule has 1 aliphatic heterocycles. The summed E-state index contributed by atoms with van der Waals surface area (Å²) >= 11 is 0. The van der Waals surface area contributed by atoms with Crippen LogP contribution in [0.3, 0.4) is 0 Å². The molecule has 0 spiro atoms. The second kappa shape index (κ2) is 9.34. The van der Waals surface area contributed by atoms with E-state index < -0.39 is 18.5 Å². The Labute approximate surface area is 154 Å². The molecule has 2 rings (SSSR count). The van der Waals surface area contributed by atoms with Crippen molar-refractivity contribution >= 4 is 13.2 Å². The highest BCUT2D eigenvalue weighted by Gasteiger charge is 2.37. The zero-order valence-corrected chi connectivity index (χ0v) is 15.7. The van der Waals surface area contributed by atoms with E-state index in [0.717, 1.165) is 0 Å². The van der Waals surface area contributed by atoms with Gasteiger partial charge in [0, 0.05) is 18.7 Å². The van der Waals surface area contributed by atoms with E-state index in [-0.39, 0.29) is 5.91 Å². The first-order valence-electron chi connectivity index (χ1n) is 8.37. The summed E-state index contributed by atoms with van der Waals surface area (Å²) in [5, 5.41) is 31.6. The fraction of sp³-hybridized carbons (Fsp3) is 0.588. The van der Waals surface area contributed by atoms with Gasteiger partial charge in [0.15, 0.2) is 0 Å². The lowest BCUT2D eigenvalue weighted by atomic mass is 9.89. The van der Waals surface area contributed by atoms with Gasteiger partial charge >= 0.3 is 7.32 Å². The molecule has 1 saturated heterocycles. The Hall–Kier alpha value is -1.65. The Morgan fingerprint density at radius 2 is 1.54 bits per heavy atom. The molecular weight excluding hydrogens is 341 g/mol. The lowest BCUT2D eigenvalue weighted by Gasteiger charge is -2.37. The van der Waals surface area contributed by atoms with Crippen molar-refractivity contribution in [1.82, 2.24) is 4.90 Å². The molecular formula is C17H28BNO7. The maximum Gasteiger partial charge on any atom is 0.631 e. The van der Waals surface area contributed by atoms with Gasteiger partial charge in [-0.1, -0.05) is 0 Å². The molecule has 146 valence electrons. The van der Waals surface area contributed by atoms with Crippen LogP contribution < -0.4 is 4.74 Å². The van der Waals surface area contributed by atoms with Crippen molar-refractivity contribution in [1.29, 1.82) is 0 Å². The zero-order valence-electron chi connectivity index (χ0n) is 15.7. The van der Waals surface area contributed by atoms with Gasteiger partial charge in [-0.15, -0.1) is 0 Å². The van der Waals surface area contributed by atoms with E-state index in [1.807, 2.05) is 13.8 Å². The summed E-state index contributed by atoms with van der Waals surface area (Å²) in [5.41, 5.74) is -1.08. The number of ether oxygens (including phenoxy) is 2. The molecule has 1 heterocycles. The van der Waals surface area contributed by atoms with E-state index in [0.29, 0.717) is 37.6 Å². The Morgan fingerprint density at radius 3 is 1.96 bits per heavy atom. The van der Waals surface area contributed by atoms with Crippen molar-refractivity contribution < 1.29 is 34.4 Å². The molecule has 0 unspecified atom stereocenters. The van der Waals surface area contributed by atoms with Crippen LogP contribution in [-0.2, 0) is 4.74 Å². The molecule has 1 amide bonds. The fourth-order valence-corrected chi connectivity index (χ4v) is 2.03. The van der Waals surface area contributed by atoms with Crippen LogP contribution >= 0.6 is 0 Å². The van der Waals surface area contributed by atoms with E-state index in [1.54, 1.807) is 43.0 Å². The number of hydrogen-bond donors (Lipinski definition) is 4. The number of rotatable bonds is 4. The van der Waals surface area contributed by atoms with E-state index in [2.05, 4.69) is 0 Å². The van der Waals surface area contributed by atoms with Crippen LogP contribution in [0.1, 0.15) is 38.1 Å². The number of aliphatic hydroxyl groups is 1. The minimum atomic E-state index is -2.17. The van der Waals surface area contributed by atoms with Gasteiger partial charge in [-0.2, -0.15) is 0 Å². The topological polar surface area (TPSA) is 120 Å². The van der Waals surface area contributed by atoms with Gasteiger partial charge in [0.05, 0.1) is 18.8 Å². The largest absolute Gasteiger partial charge is 0.631 e. The highest BCUT2D eigenvalue weighted by molar-refractivity contribution is 6.30. The van der Waals surface area contributed by atoms with Crippen molar-refractivity contribution in [3.05, 3.63) is 29.8 Å². The van der Waals surface area contributed by atoms with Crippen molar-refractivity contribution in [2.45, 2.75) is 38.9 Å². The van der Waals surface area contributed by atoms with Crippen molar-refractivity contribution in [2.75, 3.05) is 26.3 Å². The third kappa shape index (κ3) is 6.93. The standard InChI is InChI=1S/C17H25NO4.BH3O3/c1-16(2,20)17(3,4)22-14-7-5-13(6-8-14)15(19)18-9-11-21-12-10-18;2-1(3)4/h5-8,20H,9-12H2,1-4H3;2-4H. The van der Waals surface area contributed by atoms with Gasteiger partial charge in [-0.25, -0.2) is 0 Å². The highest BCUT2D eigenvalue weighted by atomic mass is 16.5. The molecule has 26 heavy (non-hydrogen) atoms. The number of morpholine rings is 1. The van der Waals surface area contributed by atoms with Crippen molar-refractivity contribution in [3.63, 3.8) is 0 Å². The number of nitrogens with zero attached hydrogens (tertiary/aromatic N) is 1. The summed E-state index contributed by atoms with van der Waals surface area (Å²) in [6.45, 7) is 9.53. The summed E-state index contributed by atoms with van der Waals surface area (Å²) in [6.07, 6.45) is 0. The lowest BCUT2D eigenvalue weighted by molar-refractivity contribution is -0.0906. The van der Waals surface area contributed by atoms with Crippen LogP contribution in [0, 0.1) is 0 Å². The Bertz CT molecular complexity index is 561.